The number of likely N-dealkylation sites (tertiary alicyclic amines) is 1. The van der Waals surface area contributed by atoms with Crippen LogP contribution in [0.15, 0.2) is 18.2 Å². The van der Waals surface area contributed by atoms with E-state index in [4.69, 9.17) is 10.00 Å². The van der Waals surface area contributed by atoms with Gasteiger partial charge >= 0.3 is 0 Å². The molecular formula is C14H17FN2O. The van der Waals surface area contributed by atoms with Gasteiger partial charge in [0.1, 0.15) is 6.10 Å². The van der Waals surface area contributed by atoms with Crippen molar-refractivity contribution in [2.75, 3.05) is 19.6 Å². The van der Waals surface area contributed by atoms with E-state index in [0.717, 1.165) is 32.5 Å². The molecule has 0 bridgehead atoms. The molecule has 0 unspecified atom stereocenters. The molecule has 0 atom stereocenters. The first-order chi connectivity index (χ1) is 8.72. The van der Waals surface area contributed by atoms with Crippen LogP contribution in [0.25, 0.3) is 0 Å². The molecule has 1 fully saturated rings. The lowest BCUT2D eigenvalue weighted by molar-refractivity contribution is 0.100. The average molecular weight is 248 g/mol. The van der Waals surface area contributed by atoms with Crippen LogP contribution < -0.4 is 4.74 Å². The van der Waals surface area contributed by atoms with Crippen molar-refractivity contribution in [2.45, 2.75) is 25.9 Å². The Bertz CT molecular complexity index is 448. The van der Waals surface area contributed by atoms with E-state index in [1.54, 1.807) is 12.1 Å². The molecule has 1 aliphatic rings. The van der Waals surface area contributed by atoms with Crippen LogP contribution in [0.3, 0.4) is 0 Å². The summed E-state index contributed by atoms with van der Waals surface area (Å²) in [5.41, 5.74) is 0.320. The van der Waals surface area contributed by atoms with Gasteiger partial charge in [0.15, 0.2) is 11.6 Å². The SMILES string of the molecule is CCN1CCC(Oc2ccc(C#N)cc2F)CC1. The van der Waals surface area contributed by atoms with Gasteiger partial charge in [0.05, 0.1) is 11.6 Å². The Morgan fingerprint density at radius 3 is 2.72 bits per heavy atom. The van der Waals surface area contributed by atoms with Crippen molar-refractivity contribution in [1.29, 1.82) is 5.26 Å². The minimum atomic E-state index is -0.452. The Labute approximate surface area is 107 Å². The first kappa shape index (κ1) is 12.8. The summed E-state index contributed by atoms with van der Waals surface area (Å²) >= 11 is 0. The Hall–Kier alpha value is -1.60. The summed E-state index contributed by atoms with van der Waals surface area (Å²) in [5, 5.41) is 8.67. The van der Waals surface area contributed by atoms with Crippen LogP contribution in [-0.4, -0.2) is 30.6 Å². The molecule has 1 saturated heterocycles. The van der Waals surface area contributed by atoms with Gasteiger partial charge in [-0.25, -0.2) is 4.39 Å². The van der Waals surface area contributed by atoms with E-state index in [1.807, 2.05) is 6.07 Å². The molecule has 0 aliphatic carbocycles. The lowest BCUT2D eigenvalue weighted by atomic mass is 10.1. The van der Waals surface area contributed by atoms with Gasteiger partial charge in [-0.2, -0.15) is 5.26 Å². The van der Waals surface area contributed by atoms with Gasteiger partial charge in [0, 0.05) is 13.1 Å². The van der Waals surface area contributed by atoms with Gasteiger partial charge in [-0.3, -0.25) is 0 Å². The predicted molar refractivity (Wildman–Crippen MR) is 66.9 cm³/mol. The highest BCUT2D eigenvalue weighted by Crippen LogP contribution is 2.22. The smallest absolute Gasteiger partial charge is 0.166 e. The molecule has 18 heavy (non-hydrogen) atoms. The third-order valence-corrected chi connectivity index (χ3v) is 3.34. The number of ether oxygens (including phenoxy) is 1. The Morgan fingerprint density at radius 2 is 2.17 bits per heavy atom. The quantitative estimate of drug-likeness (QED) is 0.824. The van der Waals surface area contributed by atoms with Gasteiger partial charge < -0.3 is 9.64 Å². The first-order valence-corrected chi connectivity index (χ1v) is 6.31. The maximum absolute atomic E-state index is 13.6. The van der Waals surface area contributed by atoms with Crippen LogP contribution in [0.2, 0.25) is 0 Å². The summed E-state index contributed by atoms with van der Waals surface area (Å²) in [6.45, 7) is 5.19. The van der Waals surface area contributed by atoms with Crippen molar-refractivity contribution < 1.29 is 9.13 Å². The van der Waals surface area contributed by atoms with Crippen molar-refractivity contribution in [3.8, 4) is 11.8 Å². The predicted octanol–water partition coefficient (Wildman–Crippen LogP) is 2.56. The number of rotatable bonds is 3. The largest absolute Gasteiger partial charge is 0.487 e. The standard InChI is InChI=1S/C14H17FN2O/c1-2-17-7-5-12(6-8-17)18-14-4-3-11(10-16)9-13(14)15/h3-4,9,12H,2,5-8H2,1H3. The molecular weight excluding hydrogens is 231 g/mol. The molecule has 0 amide bonds. The van der Waals surface area contributed by atoms with Gasteiger partial charge in [0.25, 0.3) is 0 Å². The van der Waals surface area contributed by atoms with E-state index in [1.165, 1.54) is 6.07 Å². The zero-order chi connectivity index (χ0) is 13.0. The minimum absolute atomic E-state index is 0.0789. The summed E-state index contributed by atoms with van der Waals surface area (Å²) in [4.78, 5) is 2.36. The summed E-state index contributed by atoms with van der Waals surface area (Å²) in [6, 6.07) is 6.25. The highest BCUT2D eigenvalue weighted by Gasteiger charge is 2.20. The van der Waals surface area contributed by atoms with Crippen molar-refractivity contribution in [3.05, 3.63) is 29.6 Å². The van der Waals surface area contributed by atoms with Crippen LogP contribution >= 0.6 is 0 Å². The lowest BCUT2D eigenvalue weighted by Gasteiger charge is -2.31. The molecule has 0 N–H and O–H groups in total. The zero-order valence-electron chi connectivity index (χ0n) is 10.5. The van der Waals surface area contributed by atoms with Crippen LogP contribution in [0.1, 0.15) is 25.3 Å². The highest BCUT2D eigenvalue weighted by molar-refractivity contribution is 5.36. The molecule has 1 aliphatic heterocycles. The van der Waals surface area contributed by atoms with Crippen LogP contribution in [0.5, 0.6) is 5.75 Å². The van der Waals surface area contributed by atoms with Crippen LogP contribution in [0.4, 0.5) is 4.39 Å². The molecule has 4 heteroatoms. The van der Waals surface area contributed by atoms with Gasteiger partial charge in [-0.1, -0.05) is 6.92 Å². The molecule has 3 nitrogen and oxygen atoms in total. The Morgan fingerprint density at radius 1 is 1.44 bits per heavy atom. The second-order valence-electron chi connectivity index (χ2n) is 4.51. The zero-order valence-corrected chi connectivity index (χ0v) is 10.5. The monoisotopic (exact) mass is 248 g/mol. The average Bonchev–Trinajstić information content (AvgIpc) is 2.42. The third kappa shape index (κ3) is 2.99. The second-order valence-corrected chi connectivity index (χ2v) is 4.51. The molecule has 0 radical (unpaired) electrons. The summed E-state index contributed by atoms with van der Waals surface area (Å²) < 4.78 is 19.3. The molecule has 0 spiro atoms. The van der Waals surface area contributed by atoms with Crippen LogP contribution in [0, 0.1) is 17.1 Å². The van der Waals surface area contributed by atoms with Gasteiger partial charge in [-0.05, 0) is 37.6 Å². The van der Waals surface area contributed by atoms with Crippen molar-refractivity contribution in [3.63, 3.8) is 0 Å². The number of hydrogen-bond donors (Lipinski definition) is 0. The molecule has 96 valence electrons. The van der Waals surface area contributed by atoms with E-state index in [2.05, 4.69) is 11.8 Å². The maximum Gasteiger partial charge on any atom is 0.166 e. The fraction of sp³-hybridized carbons (Fsp3) is 0.500. The van der Waals surface area contributed by atoms with Crippen molar-refractivity contribution in [2.24, 2.45) is 0 Å². The molecule has 1 aromatic carbocycles. The summed E-state index contributed by atoms with van der Waals surface area (Å²) in [6.07, 6.45) is 1.93. The number of hydrogen-bond acceptors (Lipinski definition) is 3. The van der Waals surface area contributed by atoms with E-state index in [9.17, 15) is 4.39 Å². The van der Waals surface area contributed by atoms with Crippen molar-refractivity contribution in [1.82, 2.24) is 4.90 Å². The van der Waals surface area contributed by atoms with E-state index >= 15 is 0 Å². The molecule has 2 rings (SSSR count). The fourth-order valence-electron chi connectivity index (χ4n) is 2.19. The number of nitrogens with zero attached hydrogens (tertiary/aromatic N) is 2. The van der Waals surface area contributed by atoms with E-state index in [0.29, 0.717) is 5.56 Å². The summed E-state index contributed by atoms with van der Waals surface area (Å²) in [5.74, 6) is -0.198. The van der Waals surface area contributed by atoms with E-state index < -0.39 is 5.82 Å². The third-order valence-electron chi connectivity index (χ3n) is 3.34. The number of nitriles is 1. The highest BCUT2D eigenvalue weighted by atomic mass is 19.1. The lowest BCUT2D eigenvalue weighted by Crippen LogP contribution is -2.38. The number of halogens is 1. The molecule has 0 aromatic heterocycles. The molecule has 0 saturated carbocycles. The Balaban J connectivity index is 1.96. The second kappa shape index (κ2) is 5.83. The molecule has 1 aromatic rings. The summed E-state index contributed by atoms with van der Waals surface area (Å²) in [7, 11) is 0. The maximum atomic E-state index is 13.6. The normalized spacial score (nSPS) is 17.4. The topological polar surface area (TPSA) is 36.3 Å². The minimum Gasteiger partial charge on any atom is -0.487 e. The van der Waals surface area contributed by atoms with Crippen molar-refractivity contribution >= 4 is 0 Å². The van der Waals surface area contributed by atoms with Crippen LogP contribution in [-0.2, 0) is 0 Å². The number of benzene rings is 1. The molecule has 1 heterocycles. The fourth-order valence-corrected chi connectivity index (χ4v) is 2.19. The first-order valence-electron chi connectivity index (χ1n) is 6.31. The van der Waals surface area contributed by atoms with E-state index in [-0.39, 0.29) is 11.9 Å². The van der Waals surface area contributed by atoms with Gasteiger partial charge in [0.2, 0.25) is 0 Å². The van der Waals surface area contributed by atoms with Gasteiger partial charge in [-0.15, -0.1) is 0 Å². The Kier molecular flexibility index (Phi) is 4.16. The number of piperidine rings is 1.